The van der Waals surface area contributed by atoms with Crippen molar-refractivity contribution in [2.45, 2.75) is 12.5 Å². The maximum absolute atomic E-state index is 9.24. The predicted octanol–water partition coefficient (Wildman–Crippen LogP) is 2.76. The lowest BCUT2D eigenvalue weighted by Gasteiger charge is -2.23. The Hall–Kier alpha value is -2.31. The number of hydrazine groups is 1. The fourth-order valence-electron chi connectivity index (χ4n) is 1.93. The number of anilines is 1. The van der Waals surface area contributed by atoms with Crippen molar-refractivity contribution in [3.05, 3.63) is 66.2 Å². The van der Waals surface area contributed by atoms with Crippen LogP contribution in [-0.2, 0) is 6.42 Å². The molecule has 0 spiro atoms. The Labute approximate surface area is 114 Å². The van der Waals surface area contributed by atoms with E-state index in [0.717, 1.165) is 11.3 Å². The lowest BCUT2D eigenvalue weighted by atomic mass is 10.1. The summed E-state index contributed by atoms with van der Waals surface area (Å²) < 4.78 is 0. The average molecular weight is 251 g/mol. The topological polar surface area (TPSA) is 39.1 Å². The van der Waals surface area contributed by atoms with Crippen LogP contribution in [0.25, 0.3) is 0 Å². The molecule has 0 aromatic heterocycles. The van der Waals surface area contributed by atoms with Crippen LogP contribution in [0.5, 0.6) is 0 Å². The first kappa shape index (κ1) is 13.1. The Morgan fingerprint density at radius 1 is 1.05 bits per heavy atom. The fourth-order valence-corrected chi connectivity index (χ4v) is 1.93. The first-order valence-corrected chi connectivity index (χ1v) is 6.28. The van der Waals surface area contributed by atoms with Gasteiger partial charge in [0.15, 0.2) is 0 Å². The van der Waals surface area contributed by atoms with E-state index in [9.17, 15) is 5.26 Å². The summed E-state index contributed by atoms with van der Waals surface area (Å²) in [5, 5.41) is 11.1. The van der Waals surface area contributed by atoms with Gasteiger partial charge < -0.3 is 5.01 Å². The SMILES string of the molecule is CN(NC(C#N)Cc1ccccc1)c1ccccc1. The van der Waals surface area contributed by atoms with Crippen LogP contribution in [-0.4, -0.2) is 13.1 Å². The van der Waals surface area contributed by atoms with Gasteiger partial charge in [-0.25, -0.2) is 5.43 Å². The zero-order chi connectivity index (χ0) is 13.5. The van der Waals surface area contributed by atoms with Crippen molar-refractivity contribution in [2.75, 3.05) is 12.1 Å². The summed E-state index contributed by atoms with van der Waals surface area (Å²) in [7, 11) is 1.92. The van der Waals surface area contributed by atoms with Crippen molar-refractivity contribution >= 4 is 5.69 Å². The zero-order valence-electron chi connectivity index (χ0n) is 11.0. The second-order valence-corrected chi connectivity index (χ2v) is 4.40. The molecule has 19 heavy (non-hydrogen) atoms. The maximum atomic E-state index is 9.24. The van der Waals surface area contributed by atoms with E-state index in [2.05, 4.69) is 11.5 Å². The van der Waals surface area contributed by atoms with Crippen LogP contribution < -0.4 is 10.4 Å². The molecule has 96 valence electrons. The van der Waals surface area contributed by atoms with Gasteiger partial charge in [0.25, 0.3) is 0 Å². The van der Waals surface area contributed by atoms with Gasteiger partial charge in [0.2, 0.25) is 0 Å². The lowest BCUT2D eigenvalue weighted by molar-refractivity contribution is 0.590. The molecular formula is C16H17N3. The monoisotopic (exact) mass is 251 g/mol. The molecule has 0 radical (unpaired) electrons. The number of nitrogens with one attached hydrogen (secondary N) is 1. The van der Waals surface area contributed by atoms with Crippen LogP contribution in [0.3, 0.4) is 0 Å². The standard InChI is InChI=1S/C16H17N3/c1-19(16-10-6-3-7-11-16)18-15(13-17)12-14-8-4-2-5-9-14/h2-11,15,18H,12H2,1H3. The van der Waals surface area contributed by atoms with E-state index in [4.69, 9.17) is 0 Å². The molecule has 0 amide bonds. The molecule has 1 unspecified atom stereocenters. The van der Waals surface area contributed by atoms with Crippen molar-refractivity contribution in [1.82, 2.24) is 5.43 Å². The van der Waals surface area contributed by atoms with Crippen molar-refractivity contribution in [3.63, 3.8) is 0 Å². The van der Waals surface area contributed by atoms with Crippen LogP contribution >= 0.6 is 0 Å². The molecule has 0 fully saturated rings. The Balaban J connectivity index is 1.98. The molecule has 3 nitrogen and oxygen atoms in total. The van der Waals surface area contributed by atoms with E-state index in [1.54, 1.807) is 0 Å². The first-order chi connectivity index (χ1) is 9.29. The summed E-state index contributed by atoms with van der Waals surface area (Å²) in [4.78, 5) is 0. The highest BCUT2D eigenvalue weighted by molar-refractivity contribution is 5.44. The molecular weight excluding hydrogens is 234 g/mol. The van der Waals surface area contributed by atoms with E-state index < -0.39 is 0 Å². The number of hydrogen-bond acceptors (Lipinski definition) is 3. The lowest BCUT2D eigenvalue weighted by Crippen LogP contribution is -2.42. The average Bonchev–Trinajstić information content (AvgIpc) is 2.48. The number of para-hydroxylation sites is 1. The Kier molecular flexibility index (Phi) is 4.54. The van der Waals surface area contributed by atoms with E-state index in [1.807, 2.05) is 72.7 Å². The van der Waals surface area contributed by atoms with Crippen molar-refractivity contribution in [1.29, 1.82) is 5.26 Å². The molecule has 3 heteroatoms. The summed E-state index contributed by atoms with van der Waals surface area (Å²) in [5.74, 6) is 0. The molecule has 2 rings (SSSR count). The molecule has 0 aliphatic rings. The molecule has 2 aromatic carbocycles. The van der Waals surface area contributed by atoms with Gasteiger partial charge in [0.05, 0.1) is 11.8 Å². The number of benzene rings is 2. The van der Waals surface area contributed by atoms with E-state index in [1.165, 1.54) is 0 Å². The largest absolute Gasteiger partial charge is 0.310 e. The van der Waals surface area contributed by atoms with Gasteiger partial charge >= 0.3 is 0 Å². The quantitative estimate of drug-likeness (QED) is 0.830. The molecule has 0 bridgehead atoms. The van der Waals surface area contributed by atoms with Gasteiger partial charge in [-0.15, -0.1) is 0 Å². The summed E-state index contributed by atoms with van der Waals surface area (Å²) in [5.41, 5.74) is 5.40. The van der Waals surface area contributed by atoms with Crippen LogP contribution in [0, 0.1) is 11.3 Å². The van der Waals surface area contributed by atoms with Crippen LogP contribution in [0.1, 0.15) is 5.56 Å². The molecule has 0 saturated carbocycles. The number of hydrogen-bond donors (Lipinski definition) is 1. The fraction of sp³-hybridized carbons (Fsp3) is 0.188. The van der Waals surface area contributed by atoms with Gasteiger partial charge in [-0.05, 0) is 17.7 Å². The molecule has 1 N–H and O–H groups in total. The van der Waals surface area contributed by atoms with Gasteiger partial charge in [0, 0.05) is 13.5 Å². The summed E-state index contributed by atoms with van der Waals surface area (Å²) >= 11 is 0. The highest BCUT2D eigenvalue weighted by atomic mass is 15.5. The zero-order valence-corrected chi connectivity index (χ0v) is 11.0. The number of nitrogens with zero attached hydrogens (tertiary/aromatic N) is 2. The second-order valence-electron chi connectivity index (χ2n) is 4.40. The molecule has 0 saturated heterocycles. The van der Waals surface area contributed by atoms with Gasteiger partial charge in [-0.3, -0.25) is 0 Å². The highest BCUT2D eigenvalue weighted by Gasteiger charge is 2.10. The number of rotatable bonds is 5. The third kappa shape index (κ3) is 3.84. The number of nitriles is 1. The highest BCUT2D eigenvalue weighted by Crippen LogP contribution is 2.10. The Bertz CT molecular complexity index is 531. The minimum Gasteiger partial charge on any atom is -0.310 e. The van der Waals surface area contributed by atoms with Gasteiger partial charge in [-0.1, -0.05) is 48.5 Å². The van der Waals surface area contributed by atoms with Crippen molar-refractivity contribution < 1.29 is 0 Å². The Morgan fingerprint density at radius 3 is 2.21 bits per heavy atom. The van der Waals surface area contributed by atoms with Gasteiger partial charge in [-0.2, -0.15) is 5.26 Å². The van der Waals surface area contributed by atoms with Crippen molar-refractivity contribution in [3.8, 4) is 6.07 Å². The minimum atomic E-state index is -0.243. The molecule has 1 atom stereocenters. The molecule has 0 heterocycles. The minimum absolute atomic E-state index is 0.243. The normalized spacial score (nSPS) is 11.6. The third-order valence-electron chi connectivity index (χ3n) is 2.93. The molecule has 0 aliphatic heterocycles. The molecule has 2 aromatic rings. The summed E-state index contributed by atoms with van der Waals surface area (Å²) in [6.07, 6.45) is 0.689. The summed E-state index contributed by atoms with van der Waals surface area (Å²) in [6, 6.07) is 22.0. The second kappa shape index (κ2) is 6.58. The van der Waals surface area contributed by atoms with E-state index >= 15 is 0 Å². The van der Waals surface area contributed by atoms with Crippen molar-refractivity contribution in [2.24, 2.45) is 0 Å². The van der Waals surface area contributed by atoms with E-state index in [0.29, 0.717) is 6.42 Å². The predicted molar refractivity (Wildman–Crippen MR) is 77.5 cm³/mol. The molecule has 0 aliphatic carbocycles. The third-order valence-corrected chi connectivity index (χ3v) is 2.93. The smallest absolute Gasteiger partial charge is 0.117 e. The first-order valence-electron chi connectivity index (χ1n) is 6.28. The van der Waals surface area contributed by atoms with Crippen LogP contribution in [0.4, 0.5) is 5.69 Å². The van der Waals surface area contributed by atoms with Crippen LogP contribution in [0.2, 0.25) is 0 Å². The summed E-state index contributed by atoms with van der Waals surface area (Å²) in [6.45, 7) is 0. The Morgan fingerprint density at radius 2 is 1.63 bits per heavy atom. The van der Waals surface area contributed by atoms with Gasteiger partial charge in [0.1, 0.15) is 6.04 Å². The van der Waals surface area contributed by atoms with E-state index in [-0.39, 0.29) is 6.04 Å². The maximum Gasteiger partial charge on any atom is 0.117 e. The van der Waals surface area contributed by atoms with Crippen LogP contribution in [0.15, 0.2) is 60.7 Å².